The lowest BCUT2D eigenvalue weighted by molar-refractivity contribution is 0.0697. The standard InChI is InChI=1S/C14H13N3O.C9H11NO2.C5H6N2O.C2Cl3N.CH3PS/c1-17(2)11-7-5-10(6-8-11)13-16-12-4-3-9-15-14(12)18-13;1-10(2)8-5-3-7(4-6-8)9(11)12;6-4-2-1-3-7-5(4)8;3-2(4,5)1-6;1-2-3/h3-9H,1-2H3;3-6H,1-2H3,(H,11,12);1-3H,6H2,(H,7,8);;1H3. The van der Waals surface area contributed by atoms with E-state index < -0.39 is 9.76 Å². The maximum absolute atomic E-state index is 10.5. The number of benzene rings is 2. The van der Waals surface area contributed by atoms with Gasteiger partial charge in [0.05, 0.1) is 11.3 Å². The highest BCUT2D eigenvalue weighted by atomic mass is 35.6. The molecule has 248 valence electrons. The van der Waals surface area contributed by atoms with Gasteiger partial charge >= 0.3 is 5.97 Å². The maximum atomic E-state index is 10.5. The monoisotopic (exact) mass is 735 g/mol. The first-order valence-corrected chi connectivity index (χ1v) is 16.7. The van der Waals surface area contributed by atoms with Gasteiger partial charge in [-0.25, -0.2) is 14.8 Å². The number of nitrogen functional groups attached to an aromatic ring is 1. The summed E-state index contributed by atoms with van der Waals surface area (Å²) in [4.78, 5) is 35.9. The molecule has 2 aromatic carbocycles. The van der Waals surface area contributed by atoms with Crippen LogP contribution in [0.15, 0.2) is 94.4 Å². The van der Waals surface area contributed by atoms with Crippen LogP contribution in [0.25, 0.3) is 22.7 Å². The summed E-state index contributed by atoms with van der Waals surface area (Å²) in [5.74, 6) is -0.283. The molecule has 4 N–H and O–H groups in total. The Bertz CT molecular complexity index is 1760. The molecule has 11 nitrogen and oxygen atoms in total. The first-order chi connectivity index (χ1) is 22.1. The summed E-state index contributed by atoms with van der Waals surface area (Å²) >= 11 is 19.0. The molecular formula is C31H33Cl3N7O4PS. The van der Waals surface area contributed by atoms with Gasteiger partial charge in [-0.2, -0.15) is 5.26 Å². The van der Waals surface area contributed by atoms with Crippen LogP contribution >= 0.6 is 42.2 Å². The molecule has 0 aliphatic rings. The second-order valence-corrected chi connectivity index (χ2v) is 13.0. The molecule has 0 aliphatic heterocycles. The number of pyridine rings is 2. The average molecular weight is 737 g/mol. The number of rotatable bonds is 4. The Labute approximate surface area is 294 Å². The molecule has 3 aromatic heterocycles. The minimum absolute atomic E-state index is 0.229. The van der Waals surface area contributed by atoms with E-state index in [0.29, 0.717) is 17.2 Å². The zero-order chi connectivity index (χ0) is 35.6. The zero-order valence-electron chi connectivity index (χ0n) is 26.1. The van der Waals surface area contributed by atoms with Gasteiger partial charge in [0.1, 0.15) is 11.6 Å². The number of hydrogen-bond donors (Lipinski definition) is 3. The van der Waals surface area contributed by atoms with Gasteiger partial charge in [0.2, 0.25) is 11.6 Å². The Morgan fingerprint density at radius 1 is 1.00 bits per heavy atom. The molecule has 16 heteroatoms. The van der Waals surface area contributed by atoms with Crippen molar-refractivity contribution in [3.8, 4) is 17.5 Å². The summed E-state index contributed by atoms with van der Waals surface area (Å²) in [6.45, 7) is 1.91. The van der Waals surface area contributed by atoms with E-state index in [-0.39, 0.29) is 11.2 Å². The van der Waals surface area contributed by atoms with E-state index in [9.17, 15) is 9.59 Å². The van der Waals surface area contributed by atoms with Crippen LogP contribution in [0.3, 0.4) is 0 Å². The Hall–Kier alpha value is -4.24. The van der Waals surface area contributed by atoms with Crippen LogP contribution in [0.2, 0.25) is 0 Å². The molecule has 3 heterocycles. The van der Waals surface area contributed by atoms with Crippen LogP contribution in [-0.4, -0.2) is 64.7 Å². The first kappa shape index (κ1) is 40.8. The van der Waals surface area contributed by atoms with Gasteiger partial charge < -0.3 is 30.0 Å². The number of halogens is 3. The van der Waals surface area contributed by atoms with E-state index in [1.165, 1.54) is 6.07 Å². The number of anilines is 3. The molecule has 0 unspecified atom stereocenters. The number of aromatic amines is 1. The summed E-state index contributed by atoms with van der Waals surface area (Å²) < 4.78 is 3.88. The summed E-state index contributed by atoms with van der Waals surface area (Å²) in [7, 11) is 8.85. The number of aromatic carboxylic acids is 1. The minimum atomic E-state index is -1.74. The number of fused-ring (bicyclic) bond motifs is 1. The molecule has 5 rings (SSSR count). The molecule has 0 bridgehead atoms. The van der Waals surface area contributed by atoms with E-state index in [0.717, 1.165) is 29.8 Å². The van der Waals surface area contributed by atoms with Crippen LogP contribution in [0, 0.1) is 11.3 Å². The number of hydrogen-bond acceptors (Lipinski definition) is 10. The Kier molecular flexibility index (Phi) is 18.0. The number of oxazole rings is 1. The second kappa shape index (κ2) is 20.8. The summed E-state index contributed by atoms with van der Waals surface area (Å²) in [6.07, 6.45) is 3.24. The van der Waals surface area contributed by atoms with Crippen LogP contribution in [0.5, 0.6) is 0 Å². The summed E-state index contributed by atoms with van der Waals surface area (Å²) in [6, 6.07) is 23.2. The third kappa shape index (κ3) is 15.7. The molecule has 47 heavy (non-hydrogen) atoms. The second-order valence-electron chi connectivity index (χ2n) is 9.28. The molecule has 0 saturated carbocycles. The quantitative estimate of drug-likeness (QED) is 0.126. The highest BCUT2D eigenvalue weighted by Crippen LogP contribution is 2.25. The molecule has 0 fully saturated rings. The van der Waals surface area contributed by atoms with Crippen molar-refractivity contribution in [2.75, 3.05) is 50.4 Å². The summed E-state index contributed by atoms with van der Waals surface area (Å²) in [5.41, 5.74) is 9.98. The highest BCUT2D eigenvalue weighted by Gasteiger charge is 2.16. The molecule has 0 radical (unpaired) electrons. The zero-order valence-corrected chi connectivity index (χ0v) is 30.0. The topological polar surface area (TPSA) is 165 Å². The number of nitrogens with one attached hydrogen (secondary N) is 1. The number of nitrogens with zero attached hydrogens (tertiary/aromatic N) is 5. The lowest BCUT2D eigenvalue weighted by Gasteiger charge is -2.11. The largest absolute Gasteiger partial charge is 0.478 e. The predicted molar refractivity (Wildman–Crippen MR) is 197 cm³/mol. The number of carboxylic acid groups (broad SMARTS) is 1. The van der Waals surface area contributed by atoms with Crippen LogP contribution in [-0.2, 0) is 11.8 Å². The molecule has 5 aromatic rings. The third-order valence-electron chi connectivity index (χ3n) is 5.40. The number of carboxylic acids is 1. The lowest BCUT2D eigenvalue weighted by atomic mass is 10.2. The number of alkyl halides is 3. The van der Waals surface area contributed by atoms with Gasteiger partial charge in [-0.15, -0.1) is 0 Å². The molecule has 0 aliphatic carbocycles. The van der Waals surface area contributed by atoms with Crippen LogP contribution in [0.4, 0.5) is 17.1 Å². The third-order valence-corrected chi connectivity index (χ3v) is 5.66. The first-order valence-electron chi connectivity index (χ1n) is 13.3. The van der Waals surface area contributed by atoms with Crippen molar-refractivity contribution >= 4 is 88.2 Å². The van der Waals surface area contributed by atoms with Crippen molar-refractivity contribution in [2.45, 2.75) is 3.79 Å². The predicted octanol–water partition coefficient (Wildman–Crippen LogP) is 7.27. The molecule has 0 saturated heterocycles. The van der Waals surface area contributed by atoms with Gasteiger partial charge in [0.25, 0.3) is 9.35 Å². The van der Waals surface area contributed by atoms with Gasteiger partial charge in [-0.05, 0) is 86.8 Å². The van der Waals surface area contributed by atoms with Crippen molar-refractivity contribution in [3.05, 3.63) is 101 Å². The minimum Gasteiger partial charge on any atom is -0.478 e. The van der Waals surface area contributed by atoms with Crippen molar-refractivity contribution in [2.24, 2.45) is 0 Å². The van der Waals surface area contributed by atoms with Crippen molar-refractivity contribution in [1.82, 2.24) is 15.0 Å². The molecule has 0 spiro atoms. The molecule has 0 atom stereocenters. The SMILES string of the molecule is CN(C)c1ccc(-c2nc3cccnc3o2)cc1.CN(C)c1ccc(C(=O)O)cc1.CP=S.N#CC(Cl)(Cl)Cl.Nc1ccc[nH]c1=O. The lowest BCUT2D eigenvalue weighted by Crippen LogP contribution is -2.08. The van der Waals surface area contributed by atoms with E-state index in [4.69, 9.17) is 55.3 Å². The van der Waals surface area contributed by atoms with Crippen LogP contribution < -0.4 is 21.1 Å². The fourth-order valence-corrected chi connectivity index (χ4v) is 3.13. The number of nitrogens with two attached hydrogens (primary N) is 1. The maximum Gasteiger partial charge on any atom is 0.335 e. The van der Waals surface area contributed by atoms with Crippen molar-refractivity contribution in [3.63, 3.8) is 0 Å². The Morgan fingerprint density at radius 3 is 1.89 bits per heavy atom. The number of aromatic nitrogens is 3. The Balaban J connectivity index is 0.000000330. The van der Waals surface area contributed by atoms with E-state index in [2.05, 4.69) is 31.7 Å². The van der Waals surface area contributed by atoms with Crippen molar-refractivity contribution in [1.29, 1.82) is 5.26 Å². The normalized spacial score (nSPS) is 9.85. The fourth-order valence-electron chi connectivity index (χ4n) is 3.13. The molecular weight excluding hydrogens is 704 g/mol. The van der Waals surface area contributed by atoms with Gasteiger partial charge in [0.15, 0.2) is 0 Å². The average Bonchev–Trinajstić information content (AvgIpc) is 3.48. The van der Waals surface area contributed by atoms with E-state index in [1.807, 2.05) is 76.2 Å². The van der Waals surface area contributed by atoms with Crippen LogP contribution in [0.1, 0.15) is 10.4 Å². The van der Waals surface area contributed by atoms with Gasteiger partial charge in [0, 0.05) is 57.5 Å². The molecule has 0 amide bonds. The summed E-state index contributed by atoms with van der Waals surface area (Å²) in [5, 5.41) is 16.4. The number of carbonyl (C=O) groups is 1. The fraction of sp³-hybridized carbons (Fsp3) is 0.194. The van der Waals surface area contributed by atoms with E-state index in [1.54, 1.807) is 48.8 Å². The number of nitriles is 1. The van der Waals surface area contributed by atoms with Gasteiger partial charge in [-0.3, -0.25) is 4.79 Å². The van der Waals surface area contributed by atoms with E-state index >= 15 is 0 Å². The van der Waals surface area contributed by atoms with Gasteiger partial charge in [-0.1, -0.05) is 46.6 Å². The Morgan fingerprint density at radius 2 is 1.51 bits per heavy atom. The highest BCUT2D eigenvalue weighted by molar-refractivity contribution is 7.96. The smallest absolute Gasteiger partial charge is 0.335 e. The number of H-pyrrole nitrogens is 1. The van der Waals surface area contributed by atoms with Crippen molar-refractivity contribution < 1.29 is 14.3 Å².